The lowest BCUT2D eigenvalue weighted by Crippen LogP contribution is -2.58. The third-order valence-corrected chi connectivity index (χ3v) is 8.00. The molecule has 5 atom stereocenters. The molecular weight excluding hydrogens is 464 g/mol. The van der Waals surface area contributed by atoms with E-state index in [-0.39, 0.29) is 18.2 Å². The van der Waals surface area contributed by atoms with Gasteiger partial charge < -0.3 is 24.8 Å². The van der Waals surface area contributed by atoms with Gasteiger partial charge in [-0.15, -0.1) is 6.58 Å². The summed E-state index contributed by atoms with van der Waals surface area (Å²) in [6, 6.07) is -3.36. The van der Waals surface area contributed by atoms with Gasteiger partial charge in [-0.3, -0.25) is 19.2 Å². The van der Waals surface area contributed by atoms with Gasteiger partial charge in [-0.05, 0) is 45.4 Å². The molecule has 2 heterocycles. The van der Waals surface area contributed by atoms with Crippen LogP contribution in [0, 0.1) is 5.92 Å². The molecule has 1 N–H and O–H groups in total. The molecule has 0 aromatic carbocycles. The van der Waals surface area contributed by atoms with Gasteiger partial charge in [0.15, 0.2) is 6.10 Å². The van der Waals surface area contributed by atoms with E-state index in [0.29, 0.717) is 19.4 Å². The van der Waals surface area contributed by atoms with Crippen LogP contribution in [0.2, 0.25) is 0 Å². The molecule has 10 heteroatoms. The molecule has 200 valence electrons. The third kappa shape index (κ3) is 5.73. The van der Waals surface area contributed by atoms with Crippen molar-refractivity contribution in [3.8, 4) is 0 Å². The van der Waals surface area contributed by atoms with Crippen LogP contribution in [-0.4, -0.2) is 95.2 Å². The topological polar surface area (TPSA) is 116 Å². The largest absolute Gasteiger partial charge is 0.450 e. The van der Waals surface area contributed by atoms with Crippen LogP contribution in [0.25, 0.3) is 0 Å². The highest BCUT2D eigenvalue weighted by atomic mass is 16.5. The first-order valence-electron chi connectivity index (χ1n) is 13.0. The Bertz CT molecular complexity index is 886. The van der Waals surface area contributed by atoms with E-state index in [2.05, 4.69) is 11.9 Å². The molecule has 1 saturated carbocycles. The Balaban J connectivity index is 2.01. The zero-order chi connectivity index (χ0) is 26.6. The summed E-state index contributed by atoms with van der Waals surface area (Å²) in [5.74, 6) is -2.41. The number of carbonyl (C=O) groups is 5. The van der Waals surface area contributed by atoms with Gasteiger partial charge in [-0.2, -0.15) is 0 Å². The van der Waals surface area contributed by atoms with E-state index in [0.717, 1.165) is 32.1 Å². The molecule has 36 heavy (non-hydrogen) atoms. The van der Waals surface area contributed by atoms with Crippen molar-refractivity contribution in [3.05, 3.63) is 12.7 Å². The van der Waals surface area contributed by atoms with Crippen LogP contribution in [0.15, 0.2) is 12.7 Å². The lowest BCUT2D eigenvalue weighted by atomic mass is 9.83. The van der Waals surface area contributed by atoms with Crippen molar-refractivity contribution < 1.29 is 28.7 Å². The second kappa shape index (κ2) is 11.9. The van der Waals surface area contributed by atoms with E-state index in [9.17, 15) is 24.0 Å². The lowest BCUT2D eigenvalue weighted by molar-refractivity contribution is -0.166. The second-order valence-electron chi connectivity index (χ2n) is 10.3. The van der Waals surface area contributed by atoms with Gasteiger partial charge in [0.25, 0.3) is 5.91 Å². The number of esters is 1. The van der Waals surface area contributed by atoms with Gasteiger partial charge in [0.1, 0.15) is 24.2 Å². The molecule has 3 fully saturated rings. The Morgan fingerprint density at radius 2 is 1.53 bits per heavy atom. The van der Waals surface area contributed by atoms with Gasteiger partial charge in [-0.1, -0.05) is 25.3 Å². The molecule has 0 bridgehead atoms. The number of nitrogens with one attached hydrogen (secondary N) is 1. The highest BCUT2D eigenvalue weighted by molar-refractivity contribution is 5.96. The Morgan fingerprint density at radius 3 is 2.17 bits per heavy atom. The van der Waals surface area contributed by atoms with Gasteiger partial charge in [0, 0.05) is 27.1 Å². The highest BCUT2D eigenvalue weighted by Gasteiger charge is 2.44. The van der Waals surface area contributed by atoms with Crippen LogP contribution in [0.5, 0.6) is 0 Å². The molecule has 0 aromatic rings. The zero-order valence-corrected chi connectivity index (χ0v) is 21.9. The number of ether oxygens (including phenoxy) is 1. The van der Waals surface area contributed by atoms with Gasteiger partial charge in [0.05, 0.1) is 0 Å². The average molecular weight is 505 g/mol. The quantitative estimate of drug-likeness (QED) is 0.457. The summed E-state index contributed by atoms with van der Waals surface area (Å²) < 4.78 is 5.64. The van der Waals surface area contributed by atoms with E-state index < -0.39 is 54.0 Å². The fraction of sp³-hybridized carbons (Fsp3) is 0.731. The number of rotatable bonds is 3. The summed E-state index contributed by atoms with van der Waals surface area (Å²) in [7, 11) is 2.98. The maximum atomic E-state index is 13.8. The number of amides is 4. The number of fused-ring (bicyclic) bond motifs is 1. The number of nitrogens with zero attached hydrogens (tertiary/aromatic N) is 3. The molecular formula is C26H40N4O6. The number of cyclic esters (lactones) is 1. The van der Waals surface area contributed by atoms with E-state index in [1.54, 1.807) is 13.8 Å². The van der Waals surface area contributed by atoms with E-state index in [1.165, 1.54) is 34.9 Å². The van der Waals surface area contributed by atoms with Crippen LogP contribution < -0.4 is 5.32 Å². The van der Waals surface area contributed by atoms with E-state index in [1.807, 2.05) is 0 Å². The molecule has 4 amide bonds. The Morgan fingerprint density at radius 1 is 0.889 bits per heavy atom. The predicted molar refractivity (Wildman–Crippen MR) is 132 cm³/mol. The summed E-state index contributed by atoms with van der Waals surface area (Å²) in [4.78, 5) is 70.8. The molecule has 0 aromatic heterocycles. The minimum Gasteiger partial charge on any atom is -0.450 e. The number of hydrogen-bond acceptors (Lipinski definition) is 6. The van der Waals surface area contributed by atoms with Crippen molar-refractivity contribution >= 4 is 29.6 Å². The molecule has 3 rings (SSSR count). The van der Waals surface area contributed by atoms with Crippen molar-refractivity contribution in [3.63, 3.8) is 0 Å². The molecule has 2 saturated heterocycles. The minimum atomic E-state index is -1.16. The van der Waals surface area contributed by atoms with Gasteiger partial charge in [0.2, 0.25) is 17.7 Å². The maximum Gasteiger partial charge on any atom is 0.329 e. The Hall–Kier alpha value is -2.91. The number of likely N-dealkylation sites (N-methyl/N-ethyl adjacent to an activating group) is 2. The zero-order valence-electron chi connectivity index (χ0n) is 21.9. The average Bonchev–Trinajstić information content (AvgIpc) is 3.38. The summed E-state index contributed by atoms with van der Waals surface area (Å²) in [5.41, 5.74) is 0. The predicted octanol–water partition coefficient (Wildman–Crippen LogP) is 1.24. The first-order chi connectivity index (χ1) is 17.1. The molecule has 0 radical (unpaired) electrons. The highest BCUT2D eigenvalue weighted by Crippen LogP contribution is 2.30. The first-order valence-corrected chi connectivity index (χ1v) is 13.0. The minimum absolute atomic E-state index is 0.0449. The maximum absolute atomic E-state index is 13.8. The van der Waals surface area contributed by atoms with Crippen LogP contribution in [0.3, 0.4) is 0 Å². The molecule has 1 aliphatic carbocycles. The van der Waals surface area contributed by atoms with E-state index in [4.69, 9.17) is 4.74 Å². The monoisotopic (exact) mass is 504 g/mol. The summed E-state index contributed by atoms with van der Waals surface area (Å²) in [6.07, 6.45) is 6.09. The fourth-order valence-electron chi connectivity index (χ4n) is 5.39. The van der Waals surface area contributed by atoms with E-state index >= 15 is 0 Å². The Labute approximate surface area is 213 Å². The standard InChI is InChI=1S/C26H40N4O6/c1-6-11-20-24(33)29(5)17(3)23(32)28(4)16(2)22(31)27-21(18-12-8-7-9-13-18)25(34)30-15-10-14-19(30)26(35)36-20/h6,16-21H,1,7-15H2,2-5H3,(H,27,31)/t16-,17-,19-,20?,21-/m0/s1. The number of carbonyl (C=O) groups excluding carboxylic acids is 5. The summed E-state index contributed by atoms with van der Waals surface area (Å²) in [6.45, 7) is 7.22. The summed E-state index contributed by atoms with van der Waals surface area (Å²) in [5, 5.41) is 2.93. The van der Waals surface area contributed by atoms with Crippen molar-refractivity contribution in [2.24, 2.45) is 5.92 Å². The summed E-state index contributed by atoms with van der Waals surface area (Å²) >= 11 is 0. The van der Waals surface area contributed by atoms with Crippen molar-refractivity contribution in [1.29, 1.82) is 0 Å². The number of hydrogen-bond donors (Lipinski definition) is 1. The van der Waals surface area contributed by atoms with Crippen molar-refractivity contribution in [1.82, 2.24) is 20.0 Å². The SMILES string of the molecule is C=CCC1OC(=O)[C@@H]2CCCN2C(=O)[C@H](C2CCCCC2)NC(=O)[C@H](C)N(C)C(=O)[C@H](C)N(C)C1=O. The third-order valence-electron chi connectivity index (χ3n) is 8.00. The molecule has 3 aliphatic rings. The van der Waals surface area contributed by atoms with Crippen LogP contribution in [0.4, 0.5) is 0 Å². The van der Waals surface area contributed by atoms with Crippen molar-refractivity contribution in [2.45, 2.75) is 95.5 Å². The van der Waals surface area contributed by atoms with Crippen molar-refractivity contribution in [2.75, 3.05) is 20.6 Å². The fourth-order valence-corrected chi connectivity index (χ4v) is 5.39. The van der Waals surface area contributed by atoms with Gasteiger partial charge >= 0.3 is 5.97 Å². The second-order valence-corrected chi connectivity index (χ2v) is 10.3. The molecule has 0 spiro atoms. The normalized spacial score (nSPS) is 31.9. The smallest absolute Gasteiger partial charge is 0.329 e. The van der Waals surface area contributed by atoms with Gasteiger partial charge in [-0.25, -0.2) is 4.79 Å². The van der Waals surface area contributed by atoms with Crippen LogP contribution >= 0.6 is 0 Å². The van der Waals surface area contributed by atoms with Crippen LogP contribution in [-0.2, 0) is 28.7 Å². The molecule has 2 aliphatic heterocycles. The lowest BCUT2D eigenvalue weighted by Gasteiger charge is -2.35. The molecule has 1 unspecified atom stereocenters. The molecule has 10 nitrogen and oxygen atoms in total. The van der Waals surface area contributed by atoms with Crippen LogP contribution in [0.1, 0.15) is 65.2 Å². The Kier molecular flexibility index (Phi) is 9.13. The first kappa shape index (κ1) is 27.7.